The van der Waals surface area contributed by atoms with E-state index in [1.807, 2.05) is 24.3 Å². The lowest BCUT2D eigenvalue weighted by molar-refractivity contribution is -0.118. The predicted molar refractivity (Wildman–Crippen MR) is 93.8 cm³/mol. The lowest BCUT2D eigenvalue weighted by Crippen LogP contribution is -2.24. The van der Waals surface area contributed by atoms with E-state index in [2.05, 4.69) is 10.2 Å². The van der Waals surface area contributed by atoms with Crippen LogP contribution in [0.3, 0.4) is 0 Å². The summed E-state index contributed by atoms with van der Waals surface area (Å²) in [6.45, 7) is 1.97. The Balaban J connectivity index is 1.59. The van der Waals surface area contributed by atoms with E-state index >= 15 is 0 Å². The molecule has 3 rings (SSSR count). The van der Waals surface area contributed by atoms with Gasteiger partial charge in [-0.15, -0.1) is 0 Å². The number of hydrogen-bond acceptors (Lipinski definition) is 4. The molecule has 5 heteroatoms. The SMILES string of the molecule is O=Cc1ccc(OCC(=O)Nc2ccccc2N2CCCC2)cc1. The van der Waals surface area contributed by atoms with Crippen molar-refractivity contribution >= 4 is 23.6 Å². The van der Waals surface area contributed by atoms with Crippen molar-refractivity contribution in [1.82, 2.24) is 0 Å². The molecule has 0 aliphatic carbocycles. The predicted octanol–water partition coefficient (Wildman–Crippen LogP) is 3.12. The molecule has 1 saturated heterocycles. The van der Waals surface area contributed by atoms with Gasteiger partial charge >= 0.3 is 0 Å². The van der Waals surface area contributed by atoms with E-state index < -0.39 is 0 Å². The Morgan fingerprint density at radius 1 is 1.08 bits per heavy atom. The second kappa shape index (κ2) is 7.64. The van der Waals surface area contributed by atoms with Crippen LogP contribution in [0.4, 0.5) is 11.4 Å². The molecule has 0 spiro atoms. The van der Waals surface area contributed by atoms with Gasteiger partial charge in [0.25, 0.3) is 5.91 Å². The van der Waals surface area contributed by atoms with Gasteiger partial charge < -0.3 is 15.0 Å². The van der Waals surface area contributed by atoms with Crippen LogP contribution in [0.2, 0.25) is 0 Å². The minimum atomic E-state index is -0.207. The summed E-state index contributed by atoms with van der Waals surface area (Å²) >= 11 is 0. The quantitative estimate of drug-likeness (QED) is 0.830. The fourth-order valence-electron chi connectivity index (χ4n) is 2.79. The third-order valence-electron chi connectivity index (χ3n) is 4.01. The van der Waals surface area contributed by atoms with Gasteiger partial charge in [-0.2, -0.15) is 0 Å². The molecule has 1 fully saturated rings. The third-order valence-corrected chi connectivity index (χ3v) is 4.01. The van der Waals surface area contributed by atoms with Crippen LogP contribution in [0.25, 0.3) is 0 Å². The van der Waals surface area contributed by atoms with Gasteiger partial charge in [-0.1, -0.05) is 12.1 Å². The van der Waals surface area contributed by atoms with Crippen LogP contribution in [-0.4, -0.2) is 31.9 Å². The molecule has 0 unspecified atom stereocenters. The zero-order chi connectivity index (χ0) is 16.8. The van der Waals surface area contributed by atoms with Crippen LogP contribution in [0.15, 0.2) is 48.5 Å². The van der Waals surface area contributed by atoms with Crippen molar-refractivity contribution in [2.24, 2.45) is 0 Å². The Bertz CT molecular complexity index is 707. The molecule has 1 heterocycles. The highest BCUT2D eigenvalue weighted by atomic mass is 16.5. The number of benzene rings is 2. The molecule has 1 aliphatic rings. The molecule has 1 aliphatic heterocycles. The molecule has 0 aromatic heterocycles. The molecule has 0 atom stereocenters. The zero-order valence-corrected chi connectivity index (χ0v) is 13.4. The van der Waals surface area contributed by atoms with Gasteiger partial charge in [0.15, 0.2) is 6.61 Å². The molecule has 1 N–H and O–H groups in total. The van der Waals surface area contributed by atoms with Crippen molar-refractivity contribution in [2.45, 2.75) is 12.8 Å². The zero-order valence-electron chi connectivity index (χ0n) is 13.4. The molecule has 0 radical (unpaired) electrons. The van der Waals surface area contributed by atoms with E-state index in [-0.39, 0.29) is 12.5 Å². The first-order chi connectivity index (χ1) is 11.8. The Hall–Kier alpha value is -2.82. The Kier molecular flexibility index (Phi) is 5.11. The van der Waals surface area contributed by atoms with E-state index in [1.165, 1.54) is 12.8 Å². The fourth-order valence-corrected chi connectivity index (χ4v) is 2.79. The first-order valence-corrected chi connectivity index (χ1v) is 8.08. The van der Waals surface area contributed by atoms with Crippen LogP contribution < -0.4 is 15.0 Å². The molecule has 24 heavy (non-hydrogen) atoms. The molecular weight excluding hydrogens is 304 g/mol. The van der Waals surface area contributed by atoms with E-state index in [4.69, 9.17) is 4.74 Å². The highest BCUT2D eigenvalue weighted by Crippen LogP contribution is 2.28. The number of carbonyl (C=O) groups is 2. The monoisotopic (exact) mass is 324 g/mol. The molecule has 5 nitrogen and oxygen atoms in total. The molecule has 124 valence electrons. The highest BCUT2D eigenvalue weighted by molar-refractivity contribution is 5.95. The second-order valence-electron chi connectivity index (χ2n) is 5.74. The van der Waals surface area contributed by atoms with Gasteiger partial charge in [0, 0.05) is 18.7 Å². The van der Waals surface area contributed by atoms with Crippen molar-refractivity contribution in [3.05, 3.63) is 54.1 Å². The summed E-state index contributed by atoms with van der Waals surface area (Å²) in [7, 11) is 0. The van der Waals surface area contributed by atoms with Crippen LogP contribution in [0.5, 0.6) is 5.75 Å². The number of para-hydroxylation sites is 2. The van der Waals surface area contributed by atoms with Crippen LogP contribution in [0.1, 0.15) is 23.2 Å². The Morgan fingerprint density at radius 2 is 1.79 bits per heavy atom. The topological polar surface area (TPSA) is 58.6 Å². The summed E-state index contributed by atoms with van der Waals surface area (Å²) in [5.41, 5.74) is 2.44. The minimum Gasteiger partial charge on any atom is -0.484 e. The summed E-state index contributed by atoms with van der Waals surface area (Å²) < 4.78 is 5.46. The van der Waals surface area contributed by atoms with E-state index in [0.29, 0.717) is 11.3 Å². The number of nitrogens with zero attached hydrogens (tertiary/aromatic N) is 1. The summed E-state index contributed by atoms with van der Waals surface area (Å²) in [6.07, 6.45) is 3.14. The maximum atomic E-state index is 12.2. The van der Waals surface area contributed by atoms with Gasteiger partial charge in [-0.25, -0.2) is 0 Å². The molecule has 2 aromatic rings. The van der Waals surface area contributed by atoms with Crippen molar-refractivity contribution < 1.29 is 14.3 Å². The highest BCUT2D eigenvalue weighted by Gasteiger charge is 2.16. The molecule has 2 aromatic carbocycles. The largest absolute Gasteiger partial charge is 0.484 e. The molecule has 0 saturated carbocycles. The molecule has 0 bridgehead atoms. The van der Waals surface area contributed by atoms with Crippen LogP contribution in [-0.2, 0) is 4.79 Å². The number of nitrogens with one attached hydrogen (secondary N) is 1. The van der Waals surface area contributed by atoms with E-state index in [9.17, 15) is 9.59 Å². The average molecular weight is 324 g/mol. The van der Waals surface area contributed by atoms with Gasteiger partial charge in [0.1, 0.15) is 12.0 Å². The van der Waals surface area contributed by atoms with Crippen LogP contribution >= 0.6 is 0 Å². The number of hydrogen-bond donors (Lipinski definition) is 1. The second-order valence-corrected chi connectivity index (χ2v) is 5.74. The maximum Gasteiger partial charge on any atom is 0.262 e. The number of anilines is 2. The summed E-state index contributed by atoms with van der Waals surface area (Å²) in [5.74, 6) is 0.352. The minimum absolute atomic E-state index is 0.0746. The maximum absolute atomic E-state index is 12.2. The smallest absolute Gasteiger partial charge is 0.262 e. The number of rotatable bonds is 6. The lowest BCUT2D eigenvalue weighted by Gasteiger charge is -2.21. The number of carbonyl (C=O) groups excluding carboxylic acids is 2. The van der Waals surface area contributed by atoms with E-state index in [1.54, 1.807) is 24.3 Å². The summed E-state index contributed by atoms with van der Waals surface area (Å²) in [6, 6.07) is 14.5. The van der Waals surface area contributed by atoms with Crippen molar-refractivity contribution in [1.29, 1.82) is 0 Å². The molecular formula is C19H20N2O3. The van der Waals surface area contributed by atoms with Gasteiger partial charge in [0.2, 0.25) is 0 Å². The summed E-state index contributed by atoms with van der Waals surface area (Å²) in [4.78, 5) is 25.1. The Labute approximate surface area is 141 Å². The number of amides is 1. The third kappa shape index (κ3) is 3.93. The fraction of sp³-hybridized carbons (Fsp3) is 0.263. The Morgan fingerprint density at radius 3 is 2.50 bits per heavy atom. The number of ether oxygens (including phenoxy) is 1. The average Bonchev–Trinajstić information content (AvgIpc) is 3.15. The lowest BCUT2D eigenvalue weighted by atomic mass is 10.2. The van der Waals surface area contributed by atoms with Crippen molar-refractivity contribution in [2.75, 3.05) is 29.9 Å². The molecule has 1 amide bonds. The first kappa shape index (κ1) is 16.1. The van der Waals surface area contributed by atoms with Gasteiger partial charge in [0.05, 0.1) is 11.4 Å². The van der Waals surface area contributed by atoms with E-state index in [0.717, 1.165) is 30.8 Å². The van der Waals surface area contributed by atoms with Gasteiger partial charge in [-0.3, -0.25) is 9.59 Å². The standard InChI is InChI=1S/C19H20N2O3/c22-13-15-7-9-16(10-8-15)24-14-19(23)20-17-5-1-2-6-18(17)21-11-3-4-12-21/h1-2,5-10,13H,3-4,11-12,14H2,(H,20,23). The van der Waals surface area contributed by atoms with Crippen molar-refractivity contribution in [3.63, 3.8) is 0 Å². The summed E-state index contributed by atoms with van der Waals surface area (Å²) in [5, 5.41) is 2.92. The van der Waals surface area contributed by atoms with Gasteiger partial charge in [-0.05, 0) is 49.2 Å². The van der Waals surface area contributed by atoms with Crippen molar-refractivity contribution in [3.8, 4) is 5.75 Å². The normalized spacial score (nSPS) is 13.6. The first-order valence-electron chi connectivity index (χ1n) is 8.08. The number of aldehydes is 1. The van der Waals surface area contributed by atoms with Crippen LogP contribution in [0, 0.1) is 0 Å².